The van der Waals surface area contributed by atoms with Crippen LogP contribution in [0.5, 0.6) is 0 Å². The number of nitrogens with zero attached hydrogens (tertiary/aromatic N) is 1. The van der Waals surface area contributed by atoms with Gasteiger partial charge in [0.15, 0.2) is 0 Å². The summed E-state index contributed by atoms with van der Waals surface area (Å²) >= 11 is 0. The number of halogens is 2. The average Bonchev–Trinajstić information content (AvgIpc) is 2.20. The van der Waals surface area contributed by atoms with Crippen molar-refractivity contribution in [3.8, 4) is 0 Å². The highest BCUT2D eigenvalue weighted by atomic mass is 19.3. The van der Waals surface area contributed by atoms with Gasteiger partial charge in [-0.05, 0) is 31.6 Å². The van der Waals surface area contributed by atoms with Crippen LogP contribution in [0.1, 0.15) is 45.4 Å². The molecule has 0 bridgehead atoms. The van der Waals surface area contributed by atoms with Crippen LogP contribution < -0.4 is 0 Å². The molecule has 0 amide bonds. The molecule has 2 fully saturated rings. The van der Waals surface area contributed by atoms with Crippen molar-refractivity contribution in [3.63, 3.8) is 0 Å². The largest absolute Gasteiger partial charge is 0.300 e. The van der Waals surface area contributed by atoms with E-state index in [4.69, 9.17) is 0 Å². The van der Waals surface area contributed by atoms with E-state index in [0.717, 1.165) is 5.92 Å². The van der Waals surface area contributed by atoms with Crippen molar-refractivity contribution < 1.29 is 8.78 Å². The van der Waals surface area contributed by atoms with E-state index in [-0.39, 0.29) is 12.8 Å². The SMILES string of the molecule is CC1CCC(N2CCC(F)(F)CC2)CC1. The predicted molar refractivity (Wildman–Crippen MR) is 57.2 cm³/mol. The van der Waals surface area contributed by atoms with Gasteiger partial charge < -0.3 is 0 Å². The molecular formula is C12H21F2N. The third-order valence-corrected chi connectivity index (χ3v) is 4.03. The van der Waals surface area contributed by atoms with Gasteiger partial charge in [0.05, 0.1) is 0 Å². The minimum Gasteiger partial charge on any atom is -0.300 e. The van der Waals surface area contributed by atoms with Gasteiger partial charge in [-0.25, -0.2) is 8.78 Å². The van der Waals surface area contributed by atoms with Crippen LogP contribution >= 0.6 is 0 Å². The van der Waals surface area contributed by atoms with Crippen LogP contribution in [0.2, 0.25) is 0 Å². The van der Waals surface area contributed by atoms with Crippen molar-refractivity contribution in [2.45, 2.75) is 57.4 Å². The Hall–Kier alpha value is -0.180. The number of likely N-dealkylation sites (tertiary alicyclic amines) is 1. The van der Waals surface area contributed by atoms with Crippen LogP contribution in [0.15, 0.2) is 0 Å². The van der Waals surface area contributed by atoms with Crippen molar-refractivity contribution >= 4 is 0 Å². The Kier molecular flexibility index (Phi) is 3.29. The maximum atomic E-state index is 13.0. The Morgan fingerprint density at radius 2 is 1.53 bits per heavy atom. The summed E-state index contributed by atoms with van der Waals surface area (Å²) in [4.78, 5) is 2.29. The molecule has 88 valence electrons. The minimum absolute atomic E-state index is 0.0685. The molecule has 0 aromatic rings. The van der Waals surface area contributed by atoms with Crippen LogP contribution in [0.25, 0.3) is 0 Å². The van der Waals surface area contributed by atoms with Crippen molar-refractivity contribution in [2.24, 2.45) is 5.92 Å². The van der Waals surface area contributed by atoms with Gasteiger partial charge in [-0.3, -0.25) is 4.90 Å². The highest BCUT2D eigenvalue weighted by Gasteiger charge is 2.36. The highest BCUT2D eigenvalue weighted by molar-refractivity contribution is 4.84. The quantitative estimate of drug-likeness (QED) is 0.651. The Labute approximate surface area is 90.8 Å². The molecule has 0 aromatic heterocycles. The number of hydrogen-bond acceptors (Lipinski definition) is 1. The maximum absolute atomic E-state index is 13.0. The minimum atomic E-state index is -2.39. The van der Waals surface area contributed by atoms with E-state index in [1.54, 1.807) is 0 Å². The summed E-state index contributed by atoms with van der Waals surface area (Å²) in [5.41, 5.74) is 0. The van der Waals surface area contributed by atoms with Gasteiger partial charge in [0.2, 0.25) is 0 Å². The summed E-state index contributed by atoms with van der Waals surface area (Å²) in [5, 5.41) is 0. The zero-order chi connectivity index (χ0) is 10.9. The van der Waals surface area contributed by atoms with Gasteiger partial charge in [-0.1, -0.05) is 6.92 Å². The van der Waals surface area contributed by atoms with Crippen LogP contribution in [-0.4, -0.2) is 30.0 Å². The first-order valence-electron chi connectivity index (χ1n) is 6.19. The fourth-order valence-corrected chi connectivity index (χ4v) is 2.82. The molecule has 0 N–H and O–H groups in total. The molecular weight excluding hydrogens is 196 g/mol. The molecule has 15 heavy (non-hydrogen) atoms. The zero-order valence-electron chi connectivity index (χ0n) is 9.51. The first kappa shape index (κ1) is 11.3. The van der Waals surface area contributed by atoms with Crippen LogP contribution in [0, 0.1) is 5.92 Å². The Morgan fingerprint density at radius 1 is 1.00 bits per heavy atom. The summed E-state index contributed by atoms with van der Waals surface area (Å²) < 4.78 is 26.0. The lowest BCUT2D eigenvalue weighted by Gasteiger charge is -2.40. The highest BCUT2D eigenvalue weighted by Crippen LogP contribution is 2.33. The molecule has 1 nitrogen and oxygen atoms in total. The van der Waals surface area contributed by atoms with E-state index in [2.05, 4.69) is 11.8 Å². The van der Waals surface area contributed by atoms with Crippen molar-refractivity contribution in [1.82, 2.24) is 4.90 Å². The van der Waals surface area contributed by atoms with E-state index in [1.807, 2.05) is 0 Å². The zero-order valence-corrected chi connectivity index (χ0v) is 9.51. The van der Waals surface area contributed by atoms with Crippen LogP contribution in [-0.2, 0) is 0 Å². The normalized spacial score (nSPS) is 37.8. The lowest BCUT2D eigenvalue weighted by Crippen LogP contribution is -2.46. The standard InChI is InChI=1S/C12H21F2N/c1-10-2-4-11(5-3-10)15-8-6-12(13,14)7-9-15/h10-11H,2-9H2,1H3. The fraction of sp³-hybridized carbons (Fsp3) is 1.00. The molecule has 3 heteroatoms. The molecule has 1 aliphatic heterocycles. The molecule has 0 unspecified atom stereocenters. The lowest BCUT2D eigenvalue weighted by molar-refractivity contribution is -0.0664. The Morgan fingerprint density at radius 3 is 2.07 bits per heavy atom. The van der Waals surface area contributed by atoms with E-state index < -0.39 is 5.92 Å². The molecule has 0 radical (unpaired) electrons. The molecule has 1 aliphatic carbocycles. The van der Waals surface area contributed by atoms with Crippen LogP contribution in [0.4, 0.5) is 8.78 Å². The van der Waals surface area contributed by atoms with Gasteiger partial charge in [-0.2, -0.15) is 0 Å². The molecule has 0 aromatic carbocycles. The van der Waals surface area contributed by atoms with Gasteiger partial charge in [-0.15, -0.1) is 0 Å². The van der Waals surface area contributed by atoms with E-state index in [0.29, 0.717) is 19.1 Å². The summed E-state index contributed by atoms with van der Waals surface area (Å²) in [6.07, 6.45) is 5.12. The Balaban J connectivity index is 1.80. The van der Waals surface area contributed by atoms with Crippen LogP contribution in [0.3, 0.4) is 0 Å². The molecule has 1 heterocycles. The lowest BCUT2D eigenvalue weighted by atomic mass is 9.86. The second kappa shape index (κ2) is 4.36. The second-order valence-corrected chi connectivity index (χ2v) is 5.31. The molecule has 1 saturated heterocycles. The maximum Gasteiger partial charge on any atom is 0.250 e. The first-order valence-corrected chi connectivity index (χ1v) is 6.19. The third kappa shape index (κ3) is 2.90. The fourth-order valence-electron chi connectivity index (χ4n) is 2.82. The Bertz CT molecular complexity index is 200. The molecule has 2 rings (SSSR count). The molecule has 2 aliphatic rings. The molecule has 0 spiro atoms. The summed E-state index contributed by atoms with van der Waals surface area (Å²) in [6.45, 7) is 3.50. The number of alkyl halides is 2. The van der Waals surface area contributed by atoms with Gasteiger partial charge >= 0.3 is 0 Å². The topological polar surface area (TPSA) is 3.24 Å². The van der Waals surface area contributed by atoms with Gasteiger partial charge in [0.1, 0.15) is 0 Å². The summed E-state index contributed by atoms with van der Waals surface area (Å²) in [5.74, 6) is -1.55. The monoisotopic (exact) mass is 217 g/mol. The van der Waals surface area contributed by atoms with Gasteiger partial charge in [0.25, 0.3) is 5.92 Å². The number of hydrogen-bond donors (Lipinski definition) is 0. The molecule has 1 saturated carbocycles. The van der Waals surface area contributed by atoms with Gasteiger partial charge in [0, 0.05) is 32.0 Å². The van der Waals surface area contributed by atoms with Crippen molar-refractivity contribution in [1.29, 1.82) is 0 Å². The summed E-state index contributed by atoms with van der Waals surface area (Å²) in [7, 11) is 0. The van der Waals surface area contributed by atoms with Crippen molar-refractivity contribution in [3.05, 3.63) is 0 Å². The van der Waals surface area contributed by atoms with E-state index >= 15 is 0 Å². The van der Waals surface area contributed by atoms with E-state index in [9.17, 15) is 8.78 Å². The summed E-state index contributed by atoms with van der Waals surface area (Å²) in [6, 6.07) is 0.595. The number of piperidine rings is 1. The number of rotatable bonds is 1. The average molecular weight is 217 g/mol. The van der Waals surface area contributed by atoms with Crippen molar-refractivity contribution in [2.75, 3.05) is 13.1 Å². The second-order valence-electron chi connectivity index (χ2n) is 5.31. The third-order valence-electron chi connectivity index (χ3n) is 4.03. The smallest absolute Gasteiger partial charge is 0.250 e. The van der Waals surface area contributed by atoms with E-state index in [1.165, 1.54) is 25.7 Å². The first-order chi connectivity index (χ1) is 7.07. The molecule has 0 atom stereocenters. The predicted octanol–water partition coefficient (Wildman–Crippen LogP) is 3.30.